The minimum atomic E-state index is -0.507. The maximum Gasteiger partial charge on any atom is 0.251 e. The Hall–Kier alpha value is -1.81. The number of nitrogens with one attached hydrogen (secondary N) is 1. The van der Waals surface area contributed by atoms with Crippen LogP contribution in [-0.4, -0.2) is 24.2 Å². The Morgan fingerprint density at radius 2 is 2.10 bits per heavy atom. The minimum Gasteiger partial charge on any atom is -0.495 e. The minimum absolute atomic E-state index is 0.283. The molecule has 0 spiro atoms. The number of hydrogen-bond donors (Lipinski definition) is 2. The van der Waals surface area contributed by atoms with Gasteiger partial charge in [0.1, 0.15) is 5.75 Å². The third-order valence-electron chi connectivity index (χ3n) is 3.30. The van der Waals surface area contributed by atoms with E-state index in [1.165, 1.54) is 0 Å². The summed E-state index contributed by atoms with van der Waals surface area (Å²) >= 11 is 0. The molecular weight excluding hydrogens is 266 g/mol. The van der Waals surface area contributed by atoms with Crippen LogP contribution in [0.15, 0.2) is 36.4 Å². The van der Waals surface area contributed by atoms with Crippen LogP contribution < -0.4 is 10.1 Å². The van der Waals surface area contributed by atoms with Gasteiger partial charge in [-0.3, -0.25) is 4.79 Å². The molecule has 1 unspecified atom stereocenters. The lowest BCUT2D eigenvalue weighted by molar-refractivity contribution is -0.113. The molecule has 0 heterocycles. The Morgan fingerprint density at radius 3 is 2.76 bits per heavy atom. The number of aliphatic hydroxyl groups is 1. The Kier molecular flexibility index (Phi) is 7.54. The van der Waals surface area contributed by atoms with E-state index in [1.807, 2.05) is 12.1 Å². The lowest BCUT2D eigenvalue weighted by atomic mass is 10.0. The molecule has 1 amide bonds. The first-order chi connectivity index (χ1) is 10.1. The highest BCUT2D eigenvalue weighted by molar-refractivity contribution is 6.04. The predicted molar refractivity (Wildman–Crippen MR) is 85.5 cm³/mol. The molecule has 0 saturated heterocycles. The van der Waals surface area contributed by atoms with Crippen LogP contribution in [0.4, 0.5) is 5.69 Å². The van der Waals surface area contributed by atoms with Crippen molar-refractivity contribution in [3.05, 3.63) is 36.4 Å². The van der Waals surface area contributed by atoms with E-state index in [4.69, 9.17) is 4.74 Å². The molecule has 4 nitrogen and oxygen atoms in total. The number of rotatable bonds is 9. The molecule has 21 heavy (non-hydrogen) atoms. The lowest BCUT2D eigenvalue weighted by Crippen LogP contribution is -2.18. The van der Waals surface area contributed by atoms with Gasteiger partial charge in [0.25, 0.3) is 5.91 Å². The van der Waals surface area contributed by atoms with Crippen molar-refractivity contribution in [2.75, 3.05) is 12.4 Å². The zero-order valence-corrected chi connectivity index (χ0v) is 12.9. The summed E-state index contributed by atoms with van der Waals surface area (Å²) in [5.41, 5.74) is 0.983. The largest absolute Gasteiger partial charge is 0.495 e. The van der Waals surface area contributed by atoms with Crippen LogP contribution in [0.2, 0.25) is 0 Å². The van der Waals surface area contributed by atoms with Gasteiger partial charge in [-0.1, -0.05) is 44.9 Å². The highest BCUT2D eigenvalue weighted by Crippen LogP contribution is 2.24. The summed E-state index contributed by atoms with van der Waals surface area (Å²) in [6.45, 7) is 5.88. The van der Waals surface area contributed by atoms with Crippen molar-refractivity contribution >= 4 is 11.6 Å². The monoisotopic (exact) mass is 291 g/mol. The second-order valence-corrected chi connectivity index (χ2v) is 5.11. The Bertz CT molecular complexity index is 471. The molecule has 0 aliphatic heterocycles. The molecule has 0 fully saturated rings. The van der Waals surface area contributed by atoms with Gasteiger partial charge in [-0.25, -0.2) is 0 Å². The third kappa shape index (κ3) is 6.00. The van der Waals surface area contributed by atoms with Crippen LogP contribution in [-0.2, 0) is 4.79 Å². The van der Waals surface area contributed by atoms with Gasteiger partial charge in [-0.15, -0.1) is 0 Å². The topological polar surface area (TPSA) is 58.6 Å². The number of carbonyl (C=O) groups is 1. The quantitative estimate of drug-likeness (QED) is 0.540. The number of hydrogen-bond acceptors (Lipinski definition) is 3. The molecule has 1 aromatic carbocycles. The van der Waals surface area contributed by atoms with Crippen molar-refractivity contribution in [2.24, 2.45) is 0 Å². The van der Waals surface area contributed by atoms with Gasteiger partial charge in [0.05, 0.1) is 18.9 Å². The standard InChI is InChI=1S/C17H25NO3/c1-4-5-6-9-14(19)12-13(2)17(20)18-15-10-7-8-11-16(15)21-3/h7-8,10-11,14,19H,2,4-6,9,12H2,1,3H3,(H,18,20). The van der Waals surface area contributed by atoms with E-state index in [0.29, 0.717) is 29.9 Å². The average molecular weight is 291 g/mol. The highest BCUT2D eigenvalue weighted by atomic mass is 16.5. The van der Waals surface area contributed by atoms with Crippen molar-refractivity contribution in [3.63, 3.8) is 0 Å². The van der Waals surface area contributed by atoms with Crippen LogP contribution in [0.5, 0.6) is 5.75 Å². The molecule has 4 heteroatoms. The van der Waals surface area contributed by atoms with Gasteiger partial charge in [-0.2, -0.15) is 0 Å². The summed E-state index contributed by atoms with van der Waals surface area (Å²) in [4.78, 5) is 12.1. The fraction of sp³-hybridized carbons (Fsp3) is 0.471. The van der Waals surface area contributed by atoms with Crippen LogP contribution in [0.1, 0.15) is 39.0 Å². The van der Waals surface area contributed by atoms with Crippen molar-refractivity contribution in [2.45, 2.75) is 45.1 Å². The van der Waals surface area contributed by atoms with E-state index in [1.54, 1.807) is 19.2 Å². The van der Waals surface area contributed by atoms with Gasteiger partial charge in [0.15, 0.2) is 0 Å². The van der Waals surface area contributed by atoms with Gasteiger partial charge >= 0.3 is 0 Å². The van der Waals surface area contributed by atoms with Crippen LogP contribution in [0.25, 0.3) is 0 Å². The van der Waals surface area contributed by atoms with Crippen LogP contribution in [0.3, 0.4) is 0 Å². The van der Waals surface area contributed by atoms with E-state index in [9.17, 15) is 9.90 Å². The number of carbonyl (C=O) groups excluding carboxylic acids is 1. The van der Waals surface area contributed by atoms with E-state index in [-0.39, 0.29) is 5.91 Å². The number of para-hydroxylation sites is 2. The second-order valence-electron chi connectivity index (χ2n) is 5.11. The number of anilines is 1. The second kappa shape index (κ2) is 9.19. The normalized spacial score (nSPS) is 11.8. The zero-order chi connectivity index (χ0) is 15.7. The van der Waals surface area contributed by atoms with Gasteiger partial charge in [0, 0.05) is 12.0 Å². The first kappa shape index (κ1) is 17.2. The molecule has 0 aliphatic carbocycles. The van der Waals surface area contributed by atoms with E-state index in [0.717, 1.165) is 19.3 Å². The number of benzene rings is 1. The highest BCUT2D eigenvalue weighted by Gasteiger charge is 2.14. The first-order valence-electron chi connectivity index (χ1n) is 7.38. The summed E-state index contributed by atoms with van der Waals surface area (Å²) in [6.07, 6.45) is 3.67. The van der Waals surface area contributed by atoms with Crippen molar-refractivity contribution < 1.29 is 14.6 Å². The van der Waals surface area contributed by atoms with Gasteiger partial charge in [-0.05, 0) is 18.6 Å². The number of unbranched alkanes of at least 4 members (excludes halogenated alkanes) is 2. The maximum absolute atomic E-state index is 12.1. The molecule has 2 N–H and O–H groups in total. The number of amides is 1. The summed E-state index contributed by atoms with van der Waals surface area (Å²) in [5, 5.41) is 12.7. The maximum atomic E-state index is 12.1. The molecule has 0 saturated carbocycles. The number of methoxy groups -OCH3 is 1. The van der Waals surface area contributed by atoms with Crippen LogP contribution >= 0.6 is 0 Å². The molecule has 1 rings (SSSR count). The molecule has 0 aliphatic rings. The van der Waals surface area contributed by atoms with Crippen molar-refractivity contribution in [1.29, 1.82) is 0 Å². The van der Waals surface area contributed by atoms with Crippen molar-refractivity contribution in [1.82, 2.24) is 0 Å². The number of ether oxygens (including phenoxy) is 1. The Labute approximate surface area is 126 Å². The van der Waals surface area contributed by atoms with Gasteiger partial charge in [0.2, 0.25) is 0 Å². The lowest BCUT2D eigenvalue weighted by Gasteiger charge is -2.14. The summed E-state index contributed by atoms with van der Waals surface area (Å²) in [5.74, 6) is 0.316. The molecular formula is C17H25NO3. The molecule has 0 radical (unpaired) electrons. The third-order valence-corrected chi connectivity index (χ3v) is 3.30. The molecule has 0 aromatic heterocycles. The predicted octanol–water partition coefficient (Wildman–Crippen LogP) is 3.52. The first-order valence-corrected chi connectivity index (χ1v) is 7.38. The number of aliphatic hydroxyl groups excluding tert-OH is 1. The van der Waals surface area contributed by atoms with E-state index < -0.39 is 6.10 Å². The SMILES string of the molecule is C=C(CC(O)CCCCC)C(=O)Nc1ccccc1OC. The van der Waals surface area contributed by atoms with Crippen LogP contribution in [0, 0.1) is 0 Å². The smallest absolute Gasteiger partial charge is 0.251 e. The molecule has 1 atom stereocenters. The summed E-state index contributed by atoms with van der Waals surface area (Å²) in [6, 6.07) is 7.20. The fourth-order valence-corrected chi connectivity index (χ4v) is 2.07. The zero-order valence-electron chi connectivity index (χ0n) is 12.9. The van der Waals surface area contributed by atoms with Gasteiger partial charge < -0.3 is 15.2 Å². The molecule has 0 bridgehead atoms. The molecule has 1 aromatic rings. The summed E-state index contributed by atoms with van der Waals surface area (Å²) in [7, 11) is 1.55. The summed E-state index contributed by atoms with van der Waals surface area (Å²) < 4.78 is 5.18. The Morgan fingerprint density at radius 1 is 1.38 bits per heavy atom. The van der Waals surface area contributed by atoms with Crippen molar-refractivity contribution in [3.8, 4) is 5.75 Å². The van der Waals surface area contributed by atoms with E-state index >= 15 is 0 Å². The average Bonchev–Trinajstić information content (AvgIpc) is 2.48. The molecule has 116 valence electrons. The van der Waals surface area contributed by atoms with E-state index in [2.05, 4.69) is 18.8 Å². The fourth-order valence-electron chi connectivity index (χ4n) is 2.07. The Balaban J connectivity index is 2.49.